The number of ether oxygens (including phenoxy) is 1. The summed E-state index contributed by atoms with van der Waals surface area (Å²) in [6.07, 6.45) is 9.63. The van der Waals surface area contributed by atoms with Crippen LogP contribution in [-0.2, 0) is 6.54 Å². The monoisotopic (exact) mass is 297 g/mol. The van der Waals surface area contributed by atoms with Crippen molar-refractivity contribution in [3.63, 3.8) is 0 Å². The zero-order valence-corrected chi connectivity index (χ0v) is 12.6. The van der Waals surface area contributed by atoms with Crippen LogP contribution in [0, 0.1) is 0 Å². The van der Waals surface area contributed by atoms with Crippen LogP contribution < -0.4 is 10.5 Å². The summed E-state index contributed by atoms with van der Waals surface area (Å²) in [6, 6.07) is 4.10. The normalized spacial score (nSPS) is 16.1. The molecule has 1 saturated heterocycles. The second-order valence-corrected chi connectivity index (χ2v) is 4.86. The Morgan fingerprint density at radius 2 is 2.05 bits per heavy atom. The molecule has 20 heavy (non-hydrogen) atoms. The number of hydrogen-bond donors (Lipinski definition) is 1. The first-order valence-corrected chi connectivity index (χ1v) is 7.03. The fourth-order valence-electron chi connectivity index (χ4n) is 2.30. The van der Waals surface area contributed by atoms with Crippen LogP contribution in [0.3, 0.4) is 0 Å². The van der Waals surface area contributed by atoms with Crippen LogP contribution in [0.25, 0.3) is 0 Å². The summed E-state index contributed by atoms with van der Waals surface area (Å²) >= 11 is 0. The van der Waals surface area contributed by atoms with Crippen LogP contribution in [0.5, 0.6) is 5.88 Å². The van der Waals surface area contributed by atoms with Crippen molar-refractivity contribution in [3.8, 4) is 5.88 Å². The average molecular weight is 298 g/mol. The summed E-state index contributed by atoms with van der Waals surface area (Å²) < 4.78 is 5.57. The Kier molecular flexibility index (Phi) is 8.26. The van der Waals surface area contributed by atoms with E-state index in [0.29, 0.717) is 19.0 Å². The van der Waals surface area contributed by atoms with Crippen molar-refractivity contribution in [2.45, 2.75) is 25.8 Å². The molecule has 1 aliphatic rings. The van der Waals surface area contributed by atoms with Gasteiger partial charge in [-0.3, -0.25) is 4.90 Å². The Morgan fingerprint density at radius 1 is 1.25 bits per heavy atom. The Balaban J connectivity index is 0.00000200. The number of halogens is 1. The Hall–Kier alpha value is -1.10. The number of piperidine rings is 1. The molecule has 0 bridgehead atoms. The van der Waals surface area contributed by atoms with E-state index in [9.17, 15) is 0 Å². The van der Waals surface area contributed by atoms with Gasteiger partial charge in [0.25, 0.3) is 0 Å². The topological polar surface area (TPSA) is 51.4 Å². The van der Waals surface area contributed by atoms with E-state index < -0.39 is 0 Å². The maximum absolute atomic E-state index is 5.57. The van der Waals surface area contributed by atoms with Gasteiger partial charge in [-0.25, -0.2) is 4.98 Å². The van der Waals surface area contributed by atoms with Crippen molar-refractivity contribution in [2.75, 3.05) is 26.2 Å². The molecule has 1 fully saturated rings. The van der Waals surface area contributed by atoms with Gasteiger partial charge in [0.15, 0.2) is 0 Å². The zero-order chi connectivity index (χ0) is 13.3. The molecule has 1 aliphatic heterocycles. The highest BCUT2D eigenvalue weighted by Gasteiger charge is 2.10. The number of rotatable bonds is 6. The van der Waals surface area contributed by atoms with Gasteiger partial charge in [0.1, 0.15) is 6.61 Å². The van der Waals surface area contributed by atoms with Crippen molar-refractivity contribution in [3.05, 3.63) is 36.0 Å². The van der Waals surface area contributed by atoms with E-state index in [-0.39, 0.29) is 12.4 Å². The van der Waals surface area contributed by atoms with Crippen LogP contribution in [-0.4, -0.2) is 36.1 Å². The van der Waals surface area contributed by atoms with E-state index >= 15 is 0 Å². The van der Waals surface area contributed by atoms with Crippen molar-refractivity contribution in [1.82, 2.24) is 9.88 Å². The van der Waals surface area contributed by atoms with Crippen LogP contribution in [0.15, 0.2) is 30.5 Å². The van der Waals surface area contributed by atoms with Crippen molar-refractivity contribution >= 4 is 12.4 Å². The highest BCUT2D eigenvalue weighted by atomic mass is 35.5. The number of nitrogens with two attached hydrogens (primary N) is 1. The fourth-order valence-corrected chi connectivity index (χ4v) is 2.30. The van der Waals surface area contributed by atoms with Crippen molar-refractivity contribution < 1.29 is 4.74 Å². The molecule has 1 aromatic rings. The summed E-state index contributed by atoms with van der Waals surface area (Å²) in [7, 11) is 0. The first-order chi connectivity index (χ1) is 9.38. The molecular formula is C15H24ClN3O. The van der Waals surface area contributed by atoms with Gasteiger partial charge in [-0.1, -0.05) is 18.6 Å². The number of nitrogens with zero attached hydrogens (tertiary/aromatic N) is 2. The second-order valence-electron chi connectivity index (χ2n) is 4.86. The molecule has 0 amide bonds. The molecule has 2 N–H and O–H groups in total. The molecule has 0 radical (unpaired) electrons. The number of aromatic nitrogens is 1. The lowest BCUT2D eigenvalue weighted by molar-refractivity contribution is 0.220. The highest BCUT2D eigenvalue weighted by Crippen LogP contribution is 2.15. The zero-order valence-electron chi connectivity index (χ0n) is 11.8. The third-order valence-corrected chi connectivity index (χ3v) is 3.28. The third kappa shape index (κ3) is 5.90. The fraction of sp³-hybridized carbons (Fsp3) is 0.533. The molecule has 2 rings (SSSR count). The Labute approximate surface area is 127 Å². The molecule has 0 saturated carbocycles. The molecule has 0 aromatic carbocycles. The average Bonchev–Trinajstić information content (AvgIpc) is 2.45. The maximum atomic E-state index is 5.57. The summed E-state index contributed by atoms with van der Waals surface area (Å²) in [5.74, 6) is 0.691. The standard InChI is InChI=1S/C15H23N3O.ClH/c16-7-2-5-11-19-15-12-14(6-8-17-15)13-18-9-3-1-4-10-18;/h2,5-6,8,12H,1,3-4,7,9-11,13,16H2;1H/b5-2-;. The lowest BCUT2D eigenvalue weighted by atomic mass is 10.1. The van der Waals surface area contributed by atoms with Crippen LogP contribution in [0.2, 0.25) is 0 Å². The molecule has 4 nitrogen and oxygen atoms in total. The smallest absolute Gasteiger partial charge is 0.213 e. The largest absolute Gasteiger partial charge is 0.473 e. The van der Waals surface area contributed by atoms with E-state index in [0.717, 1.165) is 6.54 Å². The van der Waals surface area contributed by atoms with E-state index in [4.69, 9.17) is 10.5 Å². The molecule has 5 heteroatoms. The molecule has 0 aliphatic carbocycles. The maximum Gasteiger partial charge on any atom is 0.213 e. The van der Waals surface area contributed by atoms with Gasteiger partial charge in [0, 0.05) is 25.4 Å². The van der Waals surface area contributed by atoms with E-state index in [1.54, 1.807) is 0 Å². The Morgan fingerprint density at radius 3 is 2.80 bits per heavy atom. The summed E-state index contributed by atoms with van der Waals surface area (Å²) in [6.45, 7) is 4.48. The summed E-state index contributed by atoms with van der Waals surface area (Å²) in [5.41, 5.74) is 6.65. The summed E-state index contributed by atoms with van der Waals surface area (Å²) in [5, 5.41) is 0. The molecule has 0 spiro atoms. The van der Waals surface area contributed by atoms with Gasteiger partial charge in [0.05, 0.1) is 0 Å². The first-order valence-electron chi connectivity index (χ1n) is 7.03. The Bertz CT molecular complexity index is 406. The minimum Gasteiger partial charge on any atom is -0.473 e. The van der Waals surface area contributed by atoms with Gasteiger partial charge in [-0.15, -0.1) is 12.4 Å². The van der Waals surface area contributed by atoms with Gasteiger partial charge < -0.3 is 10.5 Å². The predicted molar refractivity (Wildman–Crippen MR) is 84.3 cm³/mol. The SMILES string of the molecule is Cl.NC/C=C\COc1cc(CN2CCCCC2)ccn1. The minimum atomic E-state index is 0. The molecule has 0 unspecified atom stereocenters. The van der Waals surface area contributed by atoms with E-state index in [2.05, 4.69) is 16.0 Å². The molecular weight excluding hydrogens is 274 g/mol. The minimum absolute atomic E-state index is 0. The van der Waals surface area contributed by atoms with Crippen molar-refractivity contribution in [2.24, 2.45) is 5.73 Å². The van der Waals surface area contributed by atoms with Gasteiger partial charge >= 0.3 is 0 Å². The van der Waals surface area contributed by atoms with E-state index in [1.807, 2.05) is 24.4 Å². The number of hydrogen-bond acceptors (Lipinski definition) is 4. The quantitative estimate of drug-likeness (QED) is 0.819. The molecule has 0 atom stereocenters. The third-order valence-electron chi connectivity index (χ3n) is 3.28. The van der Waals surface area contributed by atoms with Crippen molar-refractivity contribution in [1.29, 1.82) is 0 Å². The van der Waals surface area contributed by atoms with Crippen LogP contribution in [0.1, 0.15) is 24.8 Å². The number of pyridine rings is 1. The highest BCUT2D eigenvalue weighted by molar-refractivity contribution is 5.85. The van der Waals surface area contributed by atoms with Crippen LogP contribution >= 0.6 is 12.4 Å². The van der Waals surface area contributed by atoms with Gasteiger partial charge in [-0.2, -0.15) is 0 Å². The predicted octanol–water partition coefficient (Wildman–Crippen LogP) is 2.38. The van der Waals surface area contributed by atoms with E-state index in [1.165, 1.54) is 37.9 Å². The van der Waals surface area contributed by atoms with Gasteiger partial charge in [0.2, 0.25) is 5.88 Å². The molecule has 1 aromatic heterocycles. The van der Waals surface area contributed by atoms with Gasteiger partial charge in [-0.05, 0) is 37.6 Å². The number of likely N-dealkylation sites (tertiary alicyclic amines) is 1. The second kappa shape index (κ2) is 9.75. The molecule has 112 valence electrons. The van der Waals surface area contributed by atoms with Crippen LogP contribution in [0.4, 0.5) is 0 Å². The first kappa shape index (κ1) is 17.0. The lowest BCUT2D eigenvalue weighted by Gasteiger charge is -2.26. The summed E-state index contributed by atoms with van der Waals surface area (Å²) in [4.78, 5) is 6.72. The lowest BCUT2D eigenvalue weighted by Crippen LogP contribution is -2.29. The molecule has 2 heterocycles.